The van der Waals surface area contributed by atoms with Gasteiger partial charge in [-0.05, 0) is 31.0 Å². The zero-order chi connectivity index (χ0) is 14.3. The second-order valence-corrected chi connectivity index (χ2v) is 5.50. The average molecular weight is 264 g/mol. The summed E-state index contributed by atoms with van der Waals surface area (Å²) in [4.78, 5) is 2.09. The zero-order valence-electron chi connectivity index (χ0n) is 12.9. The van der Waals surface area contributed by atoms with Crippen LogP contribution < -0.4 is 15.0 Å². The van der Waals surface area contributed by atoms with Gasteiger partial charge in [0.15, 0.2) is 0 Å². The summed E-state index contributed by atoms with van der Waals surface area (Å²) in [5.74, 6) is 1.44. The summed E-state index contributed by atoms with van der Waals surface area (Å²) in [6, 6.07) is 8.26. The Morgan fingerprint density at radius 3 is 2.58 bits per heavy atom. The highest BCUT2D eigenvalue weighted by atomic mass is 16.5. The molecule has 0 radical (unpaired) electrons. The summed E-state index contributed by atoms with van der Waals surface area (Å²) < 4.78 is 6.12. The fourth-order valence-electron chi connectivity index (χ4n) is 1.84. The molecule has 0 aliphatic heterocycles. The maximum atomic E-state index is 6.12. The van der Waals surface area contributed by atoms with E-state index in [0.717, 1.165) is 25.3 Å². The summed E-state index contributed by atoms with van der Waals surface area (Å²) in [5, 5.41) is 3.44. The number of ether oxygens (including phenoxy) is 1. The van der Waals surface area contributed by atoms with E-state index in [9.17, 15) is 0 Å². The van der Waals surface area contributed by atoms with Crippen LogP contribution in [0.3, 0.4) is 0 Å². The number of rotatable bonds is 8. The lowest BCUT2D eigenvalue weighted by molar-refractivity contribution is 0.149. The van der Waals surface area contributed by atoms with E-state index in [-0.39, 0.29) is 6.10 Å². The van der Waals surface area contributed by atoms with Gasteiger partial charge in [0.1, 0.15) is 11.9 Å². The van der Waals surface area contributed by atoms with Gasteiger partial charge < -0.3 is 15.0 Å². The van der Waals surface area contributed by atoms with Crippen LogP contribution in [0.1, 0.15) is 27.2 Å². The van der Waals surface area contributed by atoms with Crippen LogP contribution in [0, 0.1) is 5.92 Å². The van der Waals surface area contributed by atoms with E-state index >= 15 is 0 Å². The lowest BCUT2D eigenvalue weighted by Gasteiger charge is -2.24. The molecule has 1 atom stereocenters. The minimum Gasteiger partial charge on any atom is -0.489 e. The van der Waals surface area contributed by atoms with E-state index in [0.29, 0.717) is 5.92 Å². The van der Waals surface area contributed by atoms with Gasteiger partial charge in [0.25, 0.3) is 0 Å². The number of nitrogens with one attached hydrogen (secondary N) is 1. The normalized spacial score (nSPS) is 12.5. The van der Waals surface area contributed by atoms with E-state index < -0.39 is 0 Å². The Hall–Kier alpha value is -1.22. The quantitative estimate of drug-likeness (QED) is 0.730. The Bertz CT molecular complexity index is 364. The largest absolute Gasteiger partial charge is 0.489 e. The summed E-state index contributed by atoms with van der Waals surface area (Å²) in [6.45, 7) is 8.53. The van der Waals surface area contributed by atoms with Crippen molar-refractivity contribution in [2.45, 2.75) is 33.3 Å². The molecule has 1 rings (SSSR count). The smallest absolute Gasteiger partial charge is 0.121 e. The standard InChI is InChI=1S/C16H28N2O/c1-6-10-17-12-16(13(2)3)19-15-9-7-8-14(11-15)18(4)5/h7-9,11,13,16-17H,6,10,12H2,1-5H3. The van der Waals surface area contributed by atoms with E-state index in [2.05, 4.69) is 43.1 Å². The van der Waals surface area contributed by atoms with Crippen LogP contribution >= 0.6 is 0 Å². The first-order chi connectivity index (χ1) is 9.04. The van der Waals surface area contributed by atoms with E-state index in [1.807, 2.05) is 26.2 Å². The van der Waals surface area contributed by atoms with Crippen molar-refractivity contribution in [3.05, 3.63) is 24.3 Å². The molecule has 19 heavy (non-hydrogen) atoms. The number of nitrogens with zero attached hydrogens (tertiary/aromatic N) is 1. The molecule has 0 heterocycles. The maximum absolute atomic E-state index is 6.12. The summed E-state index contributed by atoms with van der Waals surface area (Å²) in [7, 11) is 4.09. The van der Waals surface area contributed by atoms with Gasteiger partial charge in [0.05, 0.1) is 0 Å². The SMILES string of the molecule is CCCNCC(Oc1cccc(N(C)C)c1)C(C)C. The third-order valence-electron chi connectivity index (χ3n) is 3.14. The molecule has 108 valence electrons. The fourth-order valence-corrected chi connectivity index (χ4v) is 1.84. The van der Waals surface area contributed by atoms with Gasteiger partial charge in [-0.25, -0.2) is 0 Å². The molecule has 0 fully saturated rings. The predicted molar refractivity (Wildman–Crippen MR) is 83.2 cm³/mol. The molecule has 0 amide bonds. The molecular formula is C16H28N2O. The van der Waals surface area contributed by atoms with E-state index in [1.54, 1.807) is 0 Å². The second kappa shape index (κ2) is 8.05. The zero-order valence-corrected chi connectivity index (χ0v) is 12.9. The van der Waals surface area contributed by atoms with Crippen molar-refractivity contribution in [3.63, 3.8) is 0 Å². The molecule has 1 aromatic rings. The average Bonchev–Trinajstić information content (AvgIpc) is 2.38. The molecule has 0 saturated heterocycles. The van der Waals surface area contributed by atoms with Crippen molar-refractivity contribution in [1.29, 1.82) is 0 Å². The van der Waals surface area contributed by atoms with Crippen molar-refractivity contribution < 1.29 is 4.74 Å². The van der Waals surface area contributed by atoms with E-state index in [1.165, 1.54) is 5.69 Å². The van der Waals surface area contributed by atoms with Crippen LogP contribution in [0.25, 0.3) is 0 Å². The number of hydrogen-bond donors (Lipinski definition) is 1. The van der Waals surface area contributed by atoms with Gasteiger partial charge in [-0.15, -0.1) is 0 Å². The lowest BCUT2D eigenvalue weighted by atomic mass is 10.1. The van der Waals surface area contributed by atoms with Crippen molar-refractivity contribution in [2.75, 3.05) is 32.1 Å². The Labute approximate surface area is 118 Å². The Morgan fingerprint density at radius 2 is 2.00 bits per heavy atom. The lowest BCUT2D eigenvalue weighted by Crippen LogP contribution is -2.35. The minimum absolute atomic E-state index is 0.212. The third kappa shape index (κ3) is 5.52. The molecule has 1 unspecified atom stereocenters. The summed E-state index contributed by atoms with van der Waals surface area (Å²) in [5.41, 5.74) is 1.17. The molecule has 1 N–H and O–H groups in total. The topological polar surface area (TPSA) is 24.5 Å². The first-order valence-corrected chi connectivity index (χ1v) is 7.19. The molecule has 0 aliphatic carbocycles. The molecular weight excluding hydrogens is 236 g/mol. The van der Waals surface area contributed by atoms with Crippen molar-refractivity contribution in [1.82, 2.24) is 5.32 Å². The van der Waals surface area contributed by atoms with Crippen molar-refractivity contribution >= 4 is 5.69 Å². The van der Waals surface area contributed by atoms with Gasteiger partial charge in [-0.3, -0.25) is 0 Å². The molecule has 0 saturated carbocycles. The minimum atomic E-state index is 0.212. The fraction of sp³-hybridized carbons (Fsp3) is 0.625. The molecule has 1 aromatic carbocycles. The molecule has 0 bridgehead atoms. The van der Waals surface area contributed by atoms with Crippen LogP contribution in [0.4, 0.5) is 5.69 Å². The highest BCUT2D eigenvalue weighted by Gasteiger charge is 2.15. The molecule has 0 aliphatic rings. The maximum Gasteiger partial charge on any atom is 0.121 e. The Morgan fingerprint density at radius 1 is 1.26 bits per heavy atom. The van der Waals surface area contributed by atoms with Crippen LogP contribution in [-0.4, -0.2) is 33.3 Å². The van der Waals surface area contributed by atoms with Gasteiger partial charge in [-0.2, -0.15) is 0 Å². The van der Waals surface area contributed by atoms with Crippen LogP contribution in [0.2, 0.25) is 0 Å². The highest BCUT2D eigenvalue weighted by molar-refractivity contribution is 5.49. The number of anilines is 1. The second-order valence-electron chi connectivity index (χ2n) is 5.50. The van der Waals surface area contributed by atoms with E-state index in [4.69, 9.17) is 4.74 Å². The highest BCUT2D eigenvalue weighted by Crippen LogP contribution is 2.21. The third-order valence-corrected chi connectivity index (χ3v) is 3.14. The summed E-state index contributed by atoms with van der Waals surface area (Å²) >= 11 is 0. The molecule has 0 spiro atoms. The molecule has 3 nitrogen and oxygen atoms in total. The molecule has 0 aromatic heterocycles. The Kier molecular flexibility index (Phi) is 6.71. The van der Waals surface area contributed by atoms with Gasteiger partial charge in [-0.1, -0.05) is 26.8 Å². The van der Waals surface area contributed by atoms with Crippen LogP contribution in [-0.2, 0) is 0 Å². The Balaban J connectivity index is 2.65. The summed E-state index contributed by atoms with van der Waals surface area (Å²) in [6.07, 6.45) is 1.37. The van der Waals surface area contributed by atoms with Crippen LogP contribution in [0.5, 0.6) is 5.75 Å². The predicted octanol–water partition coefficient (Wildman–Crippen LogP) is 3.16. The monoisotopic (exact) mass is 264 g/mol. The van der Waals surface area contributed by atoms with Crippen molar-refractivity contribution in [3.8, 4) is 5.75 Å². The van der Waals surface area contributed by atoms with Crippen LogP contribution in [0.15, 0.2) is 24.3 Å². The number of hydrogen-bond acceptors (Lipinski definition) is 3. The number of benzene rings is 1. The van der Waals surface area contributed by atoms with Gasteiger partial charge in [0, 0.05) is 32.4 Å². The first kappa shape index (κ1) is 15.8. The first-order valence-electron chi connectivity index (χ1n) is 7.19. The molecule has 3 heteroatoms. The van der Waals surface area contributed by atoms with Crippen molar-refractivity contribution in [2.24, 2.45) is 5.92 Å². The van der Waals surface area contributed by atoms with Gasteiger partial charge >= 0.3 is 0 Å². The van der Waals surface area contributed by atoms with Gasteiger partial charge in [0.2, 0.25) is 0 Å².